The molecule has 2 aliphatic rings. The van der Waals surface area contributed by atoms with Gasteiger partial charge in [-0.2, -0.15) is 10.4 Å². The first kappa shape index (κ1) is 25.3. The van der Waals surface area contributed by atoms with Gasteiger partial charge in [0.05, 0.1) is 29.2 Å². The minimum atomic E-state index is 0.448. The minimum absolute atomic E-state index is 0.448. The molecule has 0 spiro atoms. The highest BCUT2D eigenvalue weighted by Crippen LogP contribution is 2.42. The molecule has 2 fully saturated rings. The first-order chi connectivity index (χ1) is 20.1. The Hall–Kier alpha value is -4.68. The van der Waals surface area contributed by atoms with Gasteiger partial charge in [0.1, 0.15) is 6.33 Å². The molecule has 0 amide bonds. The lowest BCUT2D eigenvalue weighted by Crippen LogP contribution is -2.34. The molecule has 0 saturated heterocycles. The highest BCUT2D eigenvalue weighted by Gasteiger charge is 2.27. The molecule has 4 aromatic heterocycles. The summed E-state index contributed by atoms with van der Waals surface area (Å²) >= 11 is 0. The number of nitriles is 1. The Morgan fingerprint density at radius 3 is 2.61 bits per heavy atom. The van der Waals surface area contributed by atoms with E-state index < -0.39 is 0 Å². The van der Waals surface area contributed by atoms with Crippen LogP contribution in [0.2, 0.25) is 0 Å². The van der Waals surface area contributed by atoms with Crippen molar-refractivity contribution >= 4 is 0 Å². The van der Waals surface area contributed by atoms with Crippen LogP contribution in [0.4, 0.5) is 0 Å². The van der Waals surface area contributed by atoms with E-state index in [1.54, 1.807) is 6.33 Å². The summed E-state index contributed by atoms with van der Waals surface area (Å²) in [7, 11) is 1.91. The summed E-state index contributed by atoms with van der Waals surface area (Å²) in [5.41, 5.74) is 8.54. The summed E-state index contributed by atoms with van der Waals surface area (Å²) in [5.74, 6) is 1.91. The number of aromatic nitrogens is 7. The van der Waals surface area contributed by atoms with Crippen LogP contribution in [0.15, 0.2) is 61.2 Å². The molecular formula is C32H31N9. The van der Waals surface area contributed by atoms with Crippen molar-refractivity contribution in [2.45, 2.75) is 57.5 Å². The van der Waals surface area contributed by atoms with Crippen LogP contribution >= 0.6 is 0 Å². The maximum atomic E-state index is 9.59. The first-order valence-corrected chi connectivity index (χ1v) is 14.2. The van der Waals surface area contributed by atoms with E-state index in [1.807, 2.05) is 46.9 Å². The van der Waals surface area contributed by atoms with Crippen LogP contribution in [-0.4, -0.2) is 40.6 Å². The Labute approximate surface area is 238 Å². The van der Waals surface area contributed by atoms with E-state index in [1.165, 1.54) is 19.3 Å². The van der Waals surface area contributed by atoms with E-state index in [9.17, 15) is 5.26 Å². The normalized spacial score (nSPS) is 15.0. The molecule has 0 radical (unpaired) electrons. The quantitative estimate of drug-likeness (QED) is 0.276. The van der Waals surface area contributed by atoms with Crippen LogP contribution in [-0.2, 0) is 13.6 Å². The second kappa shape index (κ2) is 10.4. The van der Waals surface area contributed by atoms with Crippen molar-refractivity contribution in [1.82, 2.24) is 39.8 Å². The smallest absolute Gasteiger partial charge is 0.164 e. The van der Waals surface area contributed by atoms with Crippen molar-refractivity contribution < 1.29 is 0 Å². The lowest BCUT2D eigenvalue weighted by Gasteiger charge is -2.26. The molecule has 0 unspecified atom stereocenters. The van der Waals surface area contributed by atoms with E-state index in [0.717, 1.165) is 70.1 Å². The van der Waals surface area contributed by atoms with Gasteiger partial charge in [-0.05, 0) is 79.6 Å². The van der Waals surface area contributed by atoms with Gasteiger partial charge in [-0.25, -0.2) is 9.67 Å². The van der Waals surface area contributed by atoms with Gasteiger partial charge in [-0.1, -0.05) is 18.6 Å². The fourth-order valence-corrected chi connectivity index (χ4v) is 5.37. The monoisotopic (exact) mass is 541 g/mol. The van der Waals surface area contributed by atoms with E-state index in [0.29, 0.717) is 23.3 Å². The number of benzene rings is 1. The van der Waals surface area contributed by atoms with Gasteiger partial charge in [0, 0.05) is 48.6 Å². The maximum absolute atomic E-state index is 9.59. The molecule has 7 rings (SSSR count). The molecule has 0 atom stereocenters. The topological polar surface area (TPSA) is 110 Å². The lowest BCUT2D eigenvalue weighted by atomic mass is 9.93. The molecule has 9 heteroatoms. The van der Waals surface area contributed by atoms with Crippen molar-refractivity contribution in [3.05, 3.63) is 83.7 Å². The predicted molar refractivity (Wildman–Crippen MR) is 156 cm³/mol. The molecule has 1 N–H and O–H groups in total. The van der Waals surface area contributed by atoms with Crippen LogP contribution < -0.4 is 5.32 Å². The Morgan fingerprint density at radius 2 is 1.88 bits per heavy atom. The lowest BCUT2D eigenvalue weighted by molar-refractivity contribution is 0.337. The molecular weight excluding hydrogens is 510 g/mol. The zero-order valence-corrected chi connectivity index (χ0v) is 23.2. The highest BCUT2D eigenvalue weighted by atomic mass is 15.3. The van der Waals surface area contributed by atoms with E-state index >= 15 is 0 Å². The SMILES string of the molecule is Cc1ccc(CNC2CCC2)nc1-c1cnn(-c2cc(-c3ccc(C#N)cc3-c3nncn3C)cc(C3CC3)n2)c1. The van der Waals surface area contributed by atoms with Crippen molar-refractivity contribution in [3.63, 3.8) is 0 Å². The Morgan fingerprint density at radius 1 is 1.00 bits per heavy atom. The molecule has 0 aliphatic heterocycles. The van der Waals surface area contributed by atoms with E-state index in [-0.39, 0.29) is 0 Å². The Balaban J connectivity index is 1.27. The third kappa shape index (κ3) is 5.03. The van der Waals surface area contributed by atoms with Gasteiger partial charge >= 0.3 is 0 Å². The molecule has 2 saturated carbocycles. The van der Waals surface area contributed by atoms with E-state index in [4.69, 9.17) is 15.1 Å². The van der Waals surface area contributed by atoms with Gasteiger partial charge < -0.3 is 9.88 Å². The van der Waals surface area contributed by atoms with Crippen molar-refractivity contribution in [3.8, 4) is 45.7 Å². The van der Waals surface area contributed by atoms with Gasteiger partial charge in [-0.15, -0.1) is 10.2 Å². The molecule has 204 valence electrons. The Kier molecular flexibility index (Phi) is 6.40. The van der Waals surface area contributed by atoms with E-state index in [2.05, 4.69) is 52.8 Å². The molecule has 5 aromatic rings. The molecule has 2 aliphatic carbocycles. The number of rotatable bonds is 8. The van der Waals surface area contributed by atoms with Crippen molar-refractivity contribution in [2.75, 3.05) is 0 Å². The molecule has 0 bridgehead atoms. The maximum Gasteiger partial charge on any atom is 0.164 e. The van der Waals surface area contributed by atoms with Gasteiger partial charge in [0.25, 0.3) is 0 Å². The van der Waals surface area contributed by atoms with Gasteiger partial charge in [-0.3, -0.25) is 4.98 Å². The highest BCUT2D eigenvalue weighted by molar-refractivity contribution is 5.82. The first-order valence-electron chi connectivity index (χ1n) is 14.2. The zero-order chi connectivity index (χ0) is 27.9. The van der Waals surface area contributed by atoms with Crippen LogP contribution in [0.5, 0.6) is 0 Å². The summed E-state index contributed by atoms with van der Waals surface area (Å²) < 4.78 is 3.71. The zero-order valence-electron chi connectivity index (χ0n) is 23.2. The minimum Gasteiger partial charge on any atom is -0.317 e. The standard InChI is InChI=1S/C32H31N9/c1-20-6-10-26(17-34-25-4-3-5-25)37-31(20)24-16-36-41(18-24)30-14-23(13-29(38-30)22-8-9-22)27-11-7-21(15-33)12-28(27)32-39-35-19-40(32)2/h6-7,10-14,16,18-19,22,25,34H,3-5,8-9,17H2,1-2H3. The number of hydrogen-bond acceptors (Lipinski definition) is 7. The number of pyridine rings is 2. The second-order valence-electron chi connectivity index (χ2n) is 11.2. The average molecular weight is 542 g/mol. The van der Waals surface area contributed by atoms with Gasteiger partial charge in [0.15, 0.2) is 11.6 Å². The predicted octanol–water partition coefficient (Wildman–Crippen LogP) is 5.49. The summed E-state index contributed by atoms with van der Waals surface area (Å²) in [4.78, 5) is 10.0. The summed E-state index contributed by atoms with van der Waals surface area (Å²) in [6.45, 7) is 2.87. The van der Waals surface area contributed by atoms with Crippen LogP contribution in [0.1, 0.15) is 60.5 Å². The Bertz CT molecular complexity index is 1780. The second-order valence-corrected chi connectivity index (χ2v) is 11.2. The third-order valence-corrected chi connectivity index (χ3v) is 8.16. The fraction of sp³-hybridized carbons (Fsp3) is 0.312. The molecule has 9 nitrogen and oxygen atoms in total. The van der Waals surface area contributed by atoms with Crippen molar-refractivity contribution in [1.29, 1.82) is 5.26 Å². The largest absolute Gasteiger partial charge is 0.317 e. The van der Waals surface area contributed by atoms with Crippen LogP contribution in [0.25, 0.3) is 39.6 Å². The van der Waals surface area contributed by atoms with Gasteiger partial charge in [0.2, 0.25) is 0 Å². The number of nitrogens with one attached hydrogen (secondary N) is 1. The fourth-order valence-electron chi connectivity index (χ4n) is 5.37. The summed E-state index contributed by atoms with van der Waals surface area (Å²) in [5, 5.41) is 26.3. The van der Waals surface area contributed by atoms with Crippen LogP contribution in [0, 0.1) is 18.3 Å². The number of nitrogens with zero attached hydrogens (tertiary/aromatic N) is 8. The third-order valence-electron chi connectivity index (χ3n) is 8.16. The number of aryl methyl sites for hydroxylation is 2. The van der Waals surface area contributed by atoms with Crippen LogP contribution in [0.3, 0.4) is 0 Å². The summed E-state index contributed by atoms with van der Waals surface area (Å²) in [6.07, 6.45) is 11.6. The average Bonchev–Trinajstić information content (AvgIpc) is 3.55. The molecule has 1 aromatic carbocycles. The molecule has 4 heterocycles. The molecule has 41 heavy (non-hydrogen) atoms. The number of hydrogen-bond donors (Lipinski definition) is 1. The summed E-state index contributed by atoms with van der Waals surface area (Å²) in [6, 6.07) is 17.1. The van der Waals surface area contributed by atoms with Crippen molar-refractivity contribution in [2.24, 2.45) is 7.05 Å².